The van der Waals surface area contributed by atoms with E-state index in [0.717, 1.165) is 10.1 Å². The van der Waals surface area contributed by atoms with Gasteiger partial charge in [-0.25, -0.2) is 4.79 Å². The zero-order chi connectivity index (χ0) is 18.4. The Morgan fingerprint density at radius 2 is 2.24 bits per heavy atom. The molecule has 0 aliphatic carbocycles. The van der Waals surface area contributed by atoms with Gasteiger partial charge in [0, 0.05) is 25.4 Å². The number of rotatable bonds is 6. The van der Waals surface area contributed by atoms with Crippen molar-refractivity contribution in [3.63, 3.8) is 0 Å². The molecule has 1 fully saturated rings. The SMILES string of the molecule is CC(C)=CCO[C@@H]1COCC[C@H]1NC(=O)Cc1c[nH]c(=O)n(C)c1=O. The third-order valence-electron chi connectivity index (χ3n) is 4.06. The normalized spacial score (nSPS) is 20.1. The van der Waals surface area contributed by atoms with Crippen LogP contribution in [0.1, 0.15) is 25.8 Å². The Balaban J connectivity index is 1.98. The Hall–Kier alpha value is -2.19. The predicted molar refractivity (Wildman–Crippen MR) is 92.5 cm³/mol. The minimum absolute atomic E-state index is 0.0957. The van der Waals surface area contributed by atoms with Gasteiger partial charge in [-0.05, 0) is 20.3 Å². The number of nitrogens with one attached hydrogen (secondary N) is 2. The predicted octanol–water partition coefficient (Wildman–Crippen LogP) is -0.127. The van der Waals surface area contributed by atoms with Gasteiger partial charge in [-0.3, -0.25) is 14.2 Å². The van der Waals surface area contributed by atoms with Gasteiger partial charge in [0.25, 0.3) is 5.56 Å². The number of aromatic nitrogens is 2. The topological polar surface area (TPSA) is 102 Å². The van der Waals surface area contributed by atoms with E-state index in [0.29, 0.717) is 26.2 Å². The van der Waals surface area contributed by atoms with Crippen LogP contribution >= 0.6 is 0 Å². The Labute approximate surface area is 145 Å². The van der Waals surface area contributed by atoms with Crippen LogP contribution in [0.4, 0.5) is 0 Å². The molecule has 1 aliphatic rings. The second-order valence-corrected chi connectivity index (χ2v) is 6.35. The van der Waals surface area contributed by atoms with Crippen molar-refractivity contribution in [1.82, 2.24) is 14.9 Å². The minimum atomic E-state index is -0.508. The molecular formula is C17H25N3O5. The van der Waals surface area contributed by atoms with Gasteiger partial charge in [0.05, 0.1) is 25.7 Å². The molecule has 0 spiro atoms. The van der Waals surface area contributed by atoms with E-state index in [4.69, 9.17) is 9.47 Å². The molecule has 8 heteroatoms. The van der Waals surface area contributed by atoms with E-state index < -0.39 is 11.2 Å². The molecule has 0 bridgehead atoms. The van der Waals surface area contributed by atoms with Crippen LogP contribution in [-0.4, -0.2) is 47.4 Å². The molecule has 0 aromatic carbocycles. The highest BCUT2D eigenvalue weighted by Crippen LogP contribution is 2.12. The summed E-state index contributed by atoms with van der Waals surface area (Å²) in [6, 6.07) is -0.168. The first-order valence-electron chi connectivity index (χ1n) is 8.28. The maximum Gasteiger partial charge on any atom is 0.328 e. The fourth-order valence-electron chi connectivity index (χ4n) is 2.55. The highest BCUT2D eigenvalue weighted by Gasteiger charge is 2.28. The molecule has 2 rings (SSSR count). The first-order valence-corrected chi connectivity index (χ1v) is 8.28. The highest BCUT2D eigenvalue weighted by molar-refractivity contribution is 5.78. The molecule has 2 atom stereocenters. The maximum atomic E-state index is 12.3. The molecule has 0 unspecified atom stereocenters. The molecular weight excluding hydrogens is 326 g/mol. The number of allylic oxidation sites excluding steroid dienone is 1. The van der Waals surface area contributed by atoms with E-state index >= 15 is 0 Å². The molecule has 2 heterocycles. The number of H-pyrrole nitrogens is 1. The quantitative estimate of drug-likeness (QED) is 0.695. The van der Waals surface area contributed by atoms with Gasteiger partial charge in [-0.1, -0.05) is 11.6 Å². The van der Waals surface area contributed by atoms with Crippen LogP contribution in [0, 0.1) is 0 Å². The van der Waals surface area contributed by atoms with Crippen molar-refractivity contribution in [3.8, 4) is 0 Å². The van der Waals surface area contributed by atoms with E-state index in [9.17, 15) is 14.4 Å². The molecule has 25 heavy (non-hydrogen) atoms. The standard InChI is InChI=1S/C17H25N3O5/c1-11(2)4-7-25-14-10-24-6-5-13(14)19-15(21)8-12-9-18-17(23)20(3)16(12)22/h4,9,13-14H,5-8,10H2,1-3H3,(H,18,23)(H,19,21)/t13-,14-/m1/s1. The van der Waals surface area contributed by atoms with Crippen LogP contribution in [0.25, 0.3) is 0 Å². The number of aromatic amines is 1. The van der Waals surface area contributed by atoms with Crippen molar-refractivity contribution >= 4 is 5.91 Å². The third kappa shape index (κ3) is 5.40. The van der Waals surface area contributed by atoms with Crippen LogP contribution < -0.4 is 16.6 Å². The number of amides is 1. The van der Waals surface area contributed by atoms with E-state index in [1.165, 1.54) is 13.2 Å². The zero-order valence-electron chi connectivity index (χ0n) is 14.8. The average Bonchev–Trinajstić information content (AvgIpc) is 2.57. The Morgan fingerprint density at radius 3 is 2.96 bits per heavy atom. The van der Waals surface area contributed by atoms with Gasteiger partial charge in [0.1, 0.15) is 6.10 Å². The molecule has 1 aromatic heterocycles. The summed E-state index contributed by atoms with van der Waals surface area (Å²) >= 11 is 0. The second-order valence-electron chi connectivity index (χ2n) is 6.35. The van der Waals surface area contributed by atoms with Gasteiger partial charge < -0.3 is 19.8 Å². The van der Waals surface area contributed by atoms with Crippen molar-refractivity contribution in [3.05, 3.63) is 44.2 Å². The largest absolute Gasteiger partial charge is 0.379 e. The lowest BCUT2D eigenvalue weighted by molar-refractivity contribution is -0.125. The highest BCUT2D eigenvalue weighted by atomic mass is 16.5. The fraction of sp³-hybridized carbons (Fsp3) is 0.588. The van der Waals surface area contributed by atoms with E-state index in [2.05, 4.69) is 10.3 Å². The van der Waals surface area contributed by atoms with E-state index in [-0.39, 0.29) is 30.0 Å². The van der Waals surface area contributed by atoms with Crippen LogP contribution in [0.15, 0.2) is 27.4 Å². The number of nitrogens with zero attached hydrogens (tertiary/aromatic N) is 1. The first kappa shape index (κ1) is 19.1. The first-order chi connectivity index (χ1) is 11.9. The van der Waals surface area contributed by atoms with Gasteiger partial charge in [0.15, 0.2) is 0 Å². The number of carbonyl (C=O) groups excluding carboxylic acids is 1. The van der Waals surface area contributed by atoms with Crippen LogP contribution in [0.2, 0.25) is 0 Å². The molecule has 1 amide bonds. The third-order valence-corrected chi connectivity index (χ3v) is 4.06. The molecule has 2 N–H and O–H groups in total. The Bertz CT molecular complexity index is 745. The van der Waals surface area contributed by atoms with Crippen molar-refractivity contribution in [2.24, 2.45) is 7.05 Å². The number of hydrogen-bond donors (Lipinski definition) is 2. The number of ether oxygens (including phenoxy) is 2. The lowest BCUT2D eigenvalue weighted by Crippen LogP contribution is -2.50. The van der Waals surface area contributed by atoms with Crippen molar-refractivity contribution in [2.75, 3.05) is 19.8 Å². The monoisotopic (exact) mass is 351 g/mol. The number of carbonyl (C=O) groups is 1. The summed E-state index contributed by atoms with van der Waals surface area (Å²) in [7, 11) is 1.37. The van der Waals surface area contributed by atoms with Gasteiger partial charge in [-0.15, -0.1) is 0 Å². The summed E-state index contributed by atoms with van der Waals surface area (Å²) in [6.45, 7) is 5.41. The summed E-state index contributed by atoms with van der Waals surface area (Å²) in [5.41, 5.74) is 0.424. The summed E-state index contributed by atoms with van der Waals surface area (Å²) in [5, 5.41) is 2.91. The zero-order valence-corrected chi connectivity index (χ0v) is 14.8. The molecule has 138 valence electrons. The lowest BCUT2D eigenvalue weighted by atomic mass is 10.1. The molecule has 1 aliphatic heterocycles. The van der Waals surface area contributed by atoms with Gasteiger partial charge in [0.2, 0.25) is 5.91 Å². The Kier molecular flexibility index (Phi) is 6.72. The fourth-order valence-corrected chi connectivity index (χ4v) is 2.55. The average molecular weight is 351 g/mol. The van der Waals surface area contributed by atoms with Gasteiger partial charge in [-0.2, -0.15) is 0 Å². The summed E-state index contributed by atoms with van der Waals surface area (Å²) in [6.07, 6.45) is 3.58. The molecule has 1 saturated heterocycles. The van der Waals surface area contributed by atoms with Crippen molar-refractivity contribution in [2.45, 2.75) is 38.8 Å². The summed E-state index contributed by atoms with van der Waals surface area (Å²) in [4.78, 5) is 38.1. The Morgan fingerprint density at radius 1 is 1.48 bits per heavy atom. The molecule has 0 saturated carbocycles. The van der Waals surface area contributed by atoms with Crippen molar-refractivity contribution in [1.29, 1.82) is 0 Å². The maximum absolute atomic E-state index is 12.3. The smallest absolute Gasteiger partial charge is 0.328 e. The van der Waals surface area contributed by atoms with Crippen LogP contribution in [-0.2, 0) is 27.7 Å². The summed E-state index contributed by atoms with van der Waals surface area (Å²) < 4.78 is 12.2. The molecule has 8 nitrogen and oxygen atoms in total. The molecule has 1 aromatic rings. The van der Waals surface area contributed by atoms with Crippen LogP contribution in [0.3, 0.4) is 0 Å². The summed E-state index contributed by atoms with van der Waals surface area (Å²) in [5.74, 6) is -0.285. The van der Waals surface area contributed by atoms with E-state index in [1.54, 1.807) is 0 Å². The van der Waals surface area contributed by atoms with Crippen molar-refractivity contribution < 1.29 is 14.3 Å². The number of hydrogen-bond acceptors (Lipinski definition) is 5. The van der Waals surface area contributed by atoms with Crippen LogP contribution in [0.5, 0.6) is 0 Å². The van der Waals surface area contributed by atoms with Gasteiger partial charge >= 0.3 is 5.69 Å². The lowest BCUT2D eigenvalue weighted by Gasteiger charge is -2.31. The van der Waals surface area contributed by atoms with E-state index in [1.807, 2.05) is 19.9 Å². The second kappa shape index (κ2) is 8.77. The minimum Gasteiger partial charge on any atom is -0.379 e. The molecule has 0 radical (unpaired) electrons.